The summed E-state index contributed by atoms with van der Waals surface area (Å²) in [4.78, 5) is 16.1. The summed E-state index contributed by atoms with van der Waals surface area (Å²) in [5, 5.41) is 9.51. The van der Waals surface area contributed by atoms with Crippen molar-refractivity contribution in [3.63, 3.8) is 0 Å². The molecule has 0 spiro atoms. The average molecular weight is 288 g/mol. The van der Waals surface area contributed by atoms with Gasteiger partial charge in [0.15, 0.2) is 0 Å². The first kappa shape index (κ1) is 15.0. The molecular formula is C15H20N4O2. The number of carbonyl (C=O) groups excluding carboxylic acids is 1. The molecule has 0 aliphatic heterocycles. The molecule has 6 heteroatoms. The van der Waals surface area contributed by atoms with Crippen LogP contribution in [0, 0.1) is 0 Å². The molecule has 2 N–H and O–H groups in total. The predicted molar refractivity (Wildman–Crippen MR) is 79.4 cm³/mol. The van der Waals surface area contributed by atoms with Crippen LogP contribution in [-0.2, 0) is 12.8 Å². The van der Waals surface area contributed by atoms with Crippen LogP contribution in [0.3, 0.4) is 0 Å². The fourth-order valence-electron chi connectivity index (χ4n) is 2.04. The fourth-order valence-corrected chi connectivity index (χ4v) is 2.04. The number of benzene rings is 1. The van der Waals surface area contributed by atoms with Gasteiger partial charge < -0.3 is 10.1 Å². The largest absolute Gasteiger partial charge is 0.496 e. The molecule has 1 aromatic carbocycles. The van der Waals surface area contributed by atoms with Gasteiger partial charge in [0, 0.05) is 13.0 Å². The Labute approximate surface area is 123 Å². The maximum absolute atomic E-state index is 11.9. The molecule has 0 saturated carbocycles. The molecule has 0 saturated heterocycles. The van der Waals surface area contributed by atoms with Gasteiger partial charge in [-0.2, -0.15) is 0 Å². The van der Waals surface area contributed by atoms with E-state index in [4.69, 9.17) is 4.74 Å². The van der Waals surface area contributed by atoms with Crippen LogP contribution in [0.5, 0.6) is 5.75 Å². The number of para-hydroxylation sites is 1. The highest BCUT2D eigenvalue weighted by molar-refractivity contribution is 5.90. The number of nitrogens with zero attached hydrogens (tertiary/aromatic N) is 2. The summed E-state index contributed by atoms with van der Waals surface area (Å²) < 4.78 is 5.28. The zero-order valence-corrected chi connectivity index (χ0v) is 12.3. The number of aromatic amines is 1. The van der Waals surface area contributed by atoms with E-state index >= 15 is 0 Å². The lowest BCUT2D eigenvalue weighted by Crippen LogP contribution is -2.26. The zero-order chi connectivity index (χ0) is 15.1. The van der Waals surface area contributed by atoms with E-state index < -0.39 is 0 Å². The quantitative estimate of drug-likeness (QED) is 0.813. The molecule has 1 heterocycles. The summed E-state index contributed by atoms with van der Waals surface area (Å²) in [7, 11) is 1.64. The van der Waals surface area contributed by atoms with Crippen LogP contribution in [0.1, 0.15) is 35.4 Å². The van der Waals surface area contributed by atoms with Gasteiger partial charge in [0.1, 0.15) is 11.6 Å². The Morgan fingerprint density at radius 2 is 2.14 bits per heavy atom. The van der Waals surface area contributed by atoms with Crippen LogP contribution >= 0.6 is 0 Å². The van der Waals surface area contributed by atoms with Gasteiger partial charge in [0.2, 0.25) is 5.82 Å². The zero-order valence-electron chi connectivity index (χ0n) is 12.3. The SMILES string of the molecule is CCCc1nc(C(=O)NCCc2ccccc2OC)n[nH]1. The molecule has 0 atom stereocenters. The minimum absolute atomic E-state index is 0.193. The van der Waals surface area contributed by atoms with Crippen LogP contribution in [0.2, 0.25) is 0 Å². The Balaban J connectivity index is 1.86. The molecule has 112 valence electrons. The summed E-state index contributed by atoms with van der Waals surface area (Å²) in [5.41, 5.74) is 1.06. The molecule has 6 nitrogen and oxygen atoms in total. The first-order valence-electron chi connectivity index (χ1n) is 7.06. The van der Waals surface area contributed by atoms with Gasteiger partial charge in [-0.05, 0) is 24.5 Å². The van der Waals surface area contributed by atoms with Crippen LogP contribution in [0.25, 0.3) is 0 Å². The second-order valence-electron chi connectivity index (χ2n) is 4.67. The molecule has 0 bridgehead atoms. The van der Waals surface area contributed by atoms with Gasteiger partial charge in [-0.15, -0.1) is 5.10 Å². The Kier molecular flexibility index (Phi) is 5.31. The average Bonchev–Trinajstić information content (AvgIpc) is 2.97. The lowest BCUT2D eigenvalue weighted by Gasteiger charge is -2.08. The van der Waals surface area contributed by atoms with Crippen molar-refractivity contribution in [2.24, 2.45) is 0 Å². The van der Waals surface area contributed by atoms with Crippen molar-refractivity contribution < 1.29 is 9.53 Å². The van der Waals surface area contributed by atoms with Gasteiger partial charge in [0.05, 0.1) is 7.11 Å². The van der Waals surface area contributed by atoms with Gasteiger partial charge in [0.25, 0.3) is 5.91 Å². The Bertz CT molecular complexity index is 595. The number of aryl methyl sites for hydroxylation is 1. The smallest absolute Gasteiger partial charge is 0.290 e. The number of amides is 1. The number of H-pyrrole nitrogens is 1. The van der Waals surface area contributed by atoms with Crippen LogP contribution in [0.15, 0.2) is 24.3 Å². The third-order valence-corrected chi connectivity index (χ3v) is 3.09. The van der Waals surface area contributed by atoms with E-state index in [1.165, 1.54) is 0 Å². The highest BCUT2D eigenvalue weighted by atomic mass is 16.5. The van der Waals surface area contributed by atoms with Gasteiger partial charge >= 0.3 is 0 Å². The van der Waals surface area contributed by atoms with Crippen molar-refractivity contribution in [3.8, 4) is 5.75 Å². The van der Waals surface area contributed by atoms with Crippen molar-refractivity contribution in [3.05, 3.63) is 41.5 Å². The topological polar surface area (TPSA) is 79.9 Å². The number of ether oxygens (including phenoxy) is 1. The lowest BCUT2D eigenvalue weighted by atomic mass is 10.1. The molecule has 2 aromatic rings. The summed E-state index contributed by atoms with van der Waals surface area (Å²) >= 11 is 0. The van der Waals surface area contributed by atoms with Gasteiger partial charge in [-0.3, -0.25) is 9.89 Å². The Hall–Kier alpha value is -2.37. The Morgan fingerprint density at radius 1 is 1.33 bits per heavy atom. The number of hydrogen-bond acceptors (Lipinski definition) is 4. The van der Waals surface area contributed by atoms with Crippen molar-refractivity contribution >= 4 is 5.91 Å². The minimum atomic E-state index is -0.261. The maximum atomic E-state index is 11.9. The molecule has 0 aliphatic carbocycles. The summed E-state index contributed by atoms with van der Waals surface area (Å²) in [6.07, 6.45) is 2.45. The molecule has 2 rings (SSSR count). The molecule has 1 aromatic heterocycles. The van der Waals surface area contributed by atoms with Crippen molar-refractivity contribution in [2.75, 3.05) is 13.7 Å². The number of hydrogen-bond donors (Lipinski definition) is 2. The molecule has 21 heavy (non-hydrogen) atoms. The number of nitrogens with one attached hydrogen (secondary N) is 2. The van der Waals surface area contributed by atoms with E-state index in [0.717, 1.165) is 30.0 Å². The summed E-state index contributed by atoms with van der Waals surface area (Å²) in [6, 6.07) is 7.76. The predicted octanol–water partition coefficient (Wildman–Crippen LogP) is 1.74. The molecule has 0 fully saturated rings. The molecule has 0 radical (unpaired) electrons. The maximum Gasteiger partial charge on any atom is 0.290 e. The first-order chi connectivity index (χ1) is 10.2. The molecule has 0 aliphatic rings. The highest BCUT2D eigenvalue weighted by Crippen LogP contribution is 2.17. The van der Waals surface area contributed by atoms with E-state index in [1.807, 2.05) is 24.3 Å². The van der Waals surface area contributed by atoms with E-state index in [-0.39, 0.29) is 11.7 Å². The summed E-state index contributed by atoms with van der Waals surface area (Å²) in [5.74, 6) is 1.50. The van der Waals surface area contributed by atoms with Gasteiger partial charge in [-0.1, -0.05) is 25.1 Å². The monoisotopic (exact) mass is 288 g/mol. The number of methoxy groups -OCH3 is 1. The van der Waals surface area contributed by atoms with E-state index in [9.17, 15) is 4.79 Å². The minimum Gasteiger partial charge on any atom is -0.496 e. The molecule has 1 amide bonds. The molecule has 0 unspecified atom stereocenters. The Morgan fingerprint density at radius 3 is 2.90 bits per heavy atom. The molecular weight excluding hydrogens is 268 g/mol. The van der Waals surface area contributed by atoms with Crippen LogP contribution < -0.4 is 10.1 Å². The third kappa shape index (κ3) is 4.05. The normalized spacial score (nSPS) is 10.4. The van der Waals surface area contributed by atoms with Gasteiger partial charge in [-0.25, -0.2) is 4.98 Å². The second-order valence-corrected chi connectivity index (χ2v) is 4.67. The lowest BCUT2D eigenvalue weighted by molar-refractivity contribution is 0.0944. The number of aromatic nitrogens is 3. The van der Waals surface area contributed by atoms with Crippen molar-refractivity contribution in [2.45, 2.75) is 26.2 Å². The van der Waals surface area contributed by atoms with Crippen LogP contribution in [-0.4, -0.2) is 34.7 Å². The van der Waals surface area contributed by atoms with E-state index in [2.05, 4.69) is 27.4 Å². The summed E-state index contributed by atoms with van der Waals surface area (Å²) in [6.45, 7) is 2.56. The van der Waals surface area contributed by atoms with Crippen LogP contribution in [0.4, 0.5) is 0 Å². The van der Waals surface area contributed by atoms with Crippen molar-refractivity contribution in [1.82, 2.24) is 20.5 Å². The second kappa shape index (κ2) is 7.42. The van der Waals surface area contributed by atoms with E-state index in [1.54, 1.807) is 7.11 Å². The number of rotatable bonds is 7. The standard InChI is InChI=1S/C15H20N4O2/c1-3-6-13-17-14(19-18-13)15(20)16-10-9-11-7-4-5-8-12(11)21-2/h4-5,7-8H,3,6,9-10H2,1-2H3,(H,16,20)(H,17,18,19). The first-order valence-corrected chi connectivity index (χ1v) is 7.06. The third-order valence-electron chi connectivity index (χ3n) is 3.09. The van der Waals surface area contributed by atoms with E-state index in [0.29, 0.717) is 13.0 Å². The number of carbonyl (C=O) groups is 1. The van der Waals surface area contributed by atoms with Crippen molar-refractivity contribution in [1.29, 1.82) is 0 Å². The fraction of sp³-hybridized carbons (Fsp3) is 0.400. The highest BCUT2D eigenvalue weighted by Gasteiger charge is 2.11.